The van der Waals surface area contributed by atoms with Crippen LogP contribution >= 0.6 is 11.3 Å². The first kappa shape index (κ1) is 13.4. The maximum absolute atomic E-state index is 12.6. The number of aryl methyl sites for hydroxylation is 2. The van der Waals surface area contributed by atoms with E-state index in [0.717, 1.165) is 35.4 Å². The zero-order chi connectivity index (χ0) is 14.4. The van der Waals surface area contributed by atoms with Crippen molar-refractivity contribution >= 4 is 33.1 Å². The topological polar surface area (TPSA) is 90.2 Å². The third-order valence-electron chi connectivity index (χ3n) is 3.98. The van der Waals surface area contributed by atoms with Crippen molar-refractivity contribution in [2.24, 2.45) is 18.7 Å². The quantitative estimate of drug-likeness (QED) is 0.862. The van der Waals surface area contributed by atoms with Gasteiger partial charge in [-0.05, 0) is 25.8 Å². The Balaban J connectivity index is 1.96. The Morgan fingerprint density at radius 1 is 1.55 bits per heavy atom. The van der Waals surface area contributed by atoms with E-state index in [-0.39, 0.29) is 5.91 Å². The number of hydrogen-bond donors (Lipinski definition) is 2. The number of fused-ring (bicyclic) bond motifs is 1. The van der Waals surface area contributed by atoms with Gasteiger partial charge in [-0.1, -0.05) is 0 Å². The molecule has 2 aromatic rings. The predicted molar refractivity (Wildman–Crippen MR) is 80.8 cm³/mol. The van der Waals surface area contributed by atoms with Crippen molar-refractivity contribution in [3.8, 4) is 0 Å². The second-order valence-corrected chi connectivity index (χ2v) is 6.37. The van der Waals surface area contributed by atoms with Gasteiger partial charge in [-0.2, -0.15) is 5.10 Å². The number of amides is 1. The van der Waals surface area contributed by atoms with Gasteiger partial charge in [0.2, 0.25) is 0 Å². The number of thiophene rings is 1. The Hall–Kier alpha value is -1.60. The molecule has 20 heavy (non-hydrogen) atoms. The molecule has 1 aliphatic rings. The number of nitrogen functional groups attached to an aromatic ring is 1. The number of hydrogen-bond acceptors (Lipinski definition) is 5. The minimum Gasteiger partial charge on any atom is -0.397 e. The van der Waals surface area contributed by atoms with Crippen molar-refractivity contribution in [3.05, 3.63) is 10.6 Å². The molecule has 0 saturated carbocycles. The number of aromatic nitrogens is 2. The lowest BCUT2D eigenvalue weighted by molar-refractivity contribution is 0.0793. The van der Waals surface area contributed by atoms with Gasteiger partial charge >= 0.3 is 0 Å². The first-order chi connectivity index (χ1) is 9.52. The Morgan fingerprint density at radius 2 is 2.30 bits per heavy atom. The molecule has 6 nitrogen and oxygen atoms in total. The fourth-order valence-electron chi connectivity index (χ4n) is 2.84. The van der Waals surface area contributed by atoms with E-state index in [0.29, 0.717) is 23.0 Å². The highest BCUT2D eigenvalue weighted by molar-refractivity contribution is 7.21. The molecule has 1 fully saturated rings. The Morgan fingerprint density at radius 3 is 2.90 bits per heavy atom. The van der Waals surface area contributed by atoms with Crippen LogP contribution in [-0.4, -0.2) is 40.2 Å². The van der Waals surface area contributed by atoms with Gasteiger partial charge in [-0.15, -0.1) is 11.3 Å². The monoisotopic (exact) mass is 293 g/mol. The zero-order valence-electron chi connectivity index (χ0n) is 11.7. The summed E-state index contributed by atoms with van der Waals surface area (Å²) in [6.45, 7) is 4.06. The minimum absolute atomic E-state index is 0.0269. The van der Waals surface area contributed by atoms with Crippen LogP contribution < -0.4 is 11.5 Å². The lowest BCUT2D eigenvalue weighted by atomic mass is 10.1. The van der Waals surface area contributed by atoms with Crippen LogP contribution in [-0.2, 0) is 7.05 Å². The lowest BCUT2D eigenvalue weighted by Gasteiger charge is -2.15. The molecule has 1 amide bonds. The molecule has 1 unspecified atom stereocenters. The number of anilines is 1. The van der Waals surface area contributed by atoms with E-state index < -0.39 is 0 Å². The Labute approximate surface area is 121 Å². The summed E-state index contributed by atoms with van der Waals surface area (Å²) in [6.07, 6.45) is 0.980. The average molecular weight is 293 g/mol. The van der Waals surface area contributed by atoms with Gasteiger partial charge in [0.1, 0.15) is 9.71 Å². The molecule has 0 radical (unpaired) electrons. The van der Waals surface area contributed by atoms with Crippen molar-refractivity contribution in [3.63, 3.8) is 0 Å². The summed E-state index contributed by atoms with van der Waals surface area (Å²) >= 11 is 1.43. The maximum Gasteiger partial charge on any atom is 0.266 e. The molecule has 4 N–H and O–H groups in total. The summed E-state index contributed by atoms with van der Waals surface area (Å²) in [5.41, 5.74) is 13.3. The molecule has 0 aromatic carbocycles. The smallest absolute Gasteiger partial charge is 0.266 e. The van der Waals surface area contributed by atoms with Crippen molar-refractivity contribution in [1.29, 1.82) is 0 Å². The number of rotatable bonds is 2. The van der Waals surface area contributed by atoms with E-state index in [1.807, 2.05) is 18.9 Å². The normalized spacial score (nSPS) is 19.1. The molecule has 7 heteroatoms. The van der Waals surface area contributed by atoms with E-state index in [1.165, 1.54) is 11.3 Å². The van der Waals surface area contributed by atoms with E-state index in [4.69, 9.17) is 11.5 Å². The lowest BCUT2D eigenvalue weighted by Crippen LogP contribution is -2.29. The van der Waals surface area contributed by atoms with Gasteiger partial charge in [0, 0.05) is 20.1 Å². The van der Waals surface area contributed by atoms with E-state index in [1.54, 1.807) is 4.68 Å². The summed E-state index contributed by atoms with van der Waals surface area (Å²) in [5.74, 6) is 0.442. The number of nitrogens with zero attached hydrogens (tertiary/aromatic N) is 3. The molecule has 0 aliphatic carbocycles. The molecule has 1 aliphatic heterocycles. The van der Waals surface area contributed by atoms with Crippen LogP contribution in [0.25, 0.3) is 10.2 Å². The van der Waals surface area contributed by atoms with Crippen LogP contribution in [0.2, 0.25) is 0 Å². The van der Waals surface area contributed by atoms with Crippen LogP contribution in [0.3, 0.4) is 0 Å². The SMILES string of the molecule is Cc1nn(C)c2sc(C(=O)N3CCC(CN)C3)c(N)c12. The van der Waals surface area contributed by atoms with Crippen LogP contribution in [0.4, 0.5) is 5.69 Å². The number of nitrogens with two attached hydrogens (primary N) is 2. The summed E-state index contributed by atoms with van der Waals surface area (Å²) in [7, 11) is 1.87. The van der Waals surface area contributed by atoms with E-state index >= 15 is 0 Å². The van der Waals surface area contributed by atoms with Crippen LogP contribution in [0, 0.1) is 12.8 Å². The molecule has 3 heterocycles. The molecule has 108 valence electrons. The van der Waals surface area contributed by atoms with E-state index in [9.17, 15) is 4.79 Å². The summed E-state index contributed by atoms with van der Waals surface area (Å²) in [6, 6.07) is 0. The van der Waals surface area contributed by atoms with Crippen molar-refractivity contribution < 1.29 is 4.79 Å². The summed E-state index contributed by atoms with van der Waals surface area (Å²) in [4.78, 5) is 16.1. The van der Waals surface area contributed by atoms with Gasteiger partial charge in [0.05, 0.1) is 16.8 Å². The van der Waals surface area contributed by atoms with Crippen LogP contribution in [0.5, 0.6) is 0 Å². The van der Waals surface area contributed by atoms with Crippen molar-refractivity contribution in [1.82, 2.24) is 14.7 Å². The van der Waals surface area contributed by atoms with Gasteiger partial charge in [-0.3, -0.25) is 9.48 Å². The number of likely N-dealkylation sites (tertiary alicyclic amines) is 1. The van der Waals surface area contributed by atoms with Gasteiger partial charge in [-0.25, -0.2) is 0 Å². The maximum atomic E-state index is 12.6. The second-order valence-electron chi connectivity index (χ2n) is 5.38. The third-order valence-corrected chi connectivity index (χ3v) is 5.24. The summed E-state index contributed by atoms with van der Waals surface area (Å²) in [5, 5.41) is 5.25. The third kappa shape index (κ3) is 1.89. The molecule has 3 rings (SSSR count). The fraction of sp³-hybridized carbons (Fsp3) is 0.538. The highest BCUT2D eigenvalue weighted by atomic mass is 32.1. The Bertz CT molecular complexity index is 674. The highest BCUT2D eigenvalue weighted by Crippen LogP contribution is 2.36. The van der Waals surface area contributed by atoms with E-state index in [2.05, 4.69) is 5.10 Å². The molecular formula is C13H19N5OS. The first-order valence-electron chi connectivity index (χ1n) is 6.73. The second kappa shape index (κ2) is 4.75. The highest BCUT2D eigenvalue weighted by Gasteiger charge is 2.29. The van der Waals surface area contributed by atoms with Crippen LogP contribution in [0.1, 0.15) is 21.8 Å². The number of carbonyl (C=O) groups excluding carboxylic acids is 1. The average Bonchev–Trinajstić information content (AvgIpc) is 3.07. The molecule has 0 bridgehead atoms. The largest absolute Gasteiger partial charge is 0.397 e. The van der Waals surface area contributed by atoms with Gasteiger partial charge in [0.15, 0.2) is 0 Å². The number of carbonyl (C=O) groups is 1. The van der Waals surface area contributed by atoms with Crippen molar-refractivity contribution in [2.75, 3.05) is 25.4 Å². The Kier molecular flexibility index (Phi) is 3.18. The summed E-state index contributed by atoms with van der Waals surface area (Å²) < 4.78 is 1.79. The molecule has 2 aromatic heterocycles. The van der Waals surface area contributed by atoms with Crippen LogP contribution in [0.15, 0.2) is 0 Å². The zero-order valence-corrected chi connectivity index (χ0v) is 12.5. The fourth-order valence-corrected chi connectivity index (χ4v) is 4.00. The molecular weight excluding hydrogens is 274 g/mol. The van der Waals surface area contributed by atoms with Gasteiger partial charge in [0.25, 0.3) is 5.91 Å². The predicted octanol–water partition coefficient (Wildman–Crippen LogP) is 0.946. The molecule has 1 atom stereocenters. The van der Waals surface area contributed by atoms with Gasteiger partial charge < -0.3 is 16.4 Å². The van der Waals surface area contributed by atoms with Crippen molar-refractivity contribution in [2.45, 2.75) is 13.3 Å². The standard InChI is InChI=1S/C13H19N5OS/c1-7-9-10(15)11(20-13(9)17(2)16-7)12(19)18-4-3-8(5-14)6-18/h8H,3-6,14-15H2,1-2H3. The molecule has 0 spiro atoms. The minimum atomic E-state index is 0.0269. The first-order valence-corrected chi connectivity index (χ1v) is 7.55. The molecule has 1 saturated heterocycles.